The van der Waals surface area contributed by atoms with Crippen LogP contribution in [0.1, 0.15) is 0 Å². The van der Waals surface area contributed by atoms with Crippen molar-refractivity contribution in [3.8, 4) is 66.8 Å². The van der Waals surface area contributed by atoms with Crippen molar-refractivity contribution in [1.82, 2.24) is 0 Å². The van der Waals surface area contributed by atoms with Gasteiger partial charge in [-0.2, -0.15) is 0 Å². The molecule has 0 N–H and O–H groups in total. The molecular formula is C54H36. The summed E-state index contributed by atoms with van der Waals surface area (Å²) in [5, 5.41) is 7.63. The highest BCUT2D eigenvalue weighted by Gasteiger charge is 2.14. The molecule has 0 saturated heterocycles. The lowest BCUT2D eigenvalue weighted by Crippen LogP contribution is -1.88. The van der Waals surface area contributed by atoms with Crippen LogP contribution in [0.4, 0.5) is 0 Å². The van der Waals surface area contributed by atoms with Crippen LogP contribution in [0, 0.1) is 0 Å². The van der Waals surface area contributed by atoms with Gasteiger partial charge in [-0.25, -0.2) is 0 Å². The van der Waals surface area contributed by atoms with Gasteiger partial charge in [-0.1, -0.05) is 176 Å². The molecule has 0 spiro atoms. The van der Waals surface area contributed by atoms with Crippen LogP contribution in [0.15, 0.2) is 218 Å². The van der Waals surface area contributed by atoms with E-state index in [4.69, 9.17) is 0 Å². The molecule has 10 rings (SSSR count). The molecule has 0 amide bonds. The molecule has 0 aliphatic rings. The maximum atomic E-state index is 2.40. The molecule has 0 unspecified atom stereocenters. The second kappa shape index (κ2) is 13.5. The lowest BCUT2D eigenvalue weighted by Gasteiger charge is -2.15. The fraction of sp³-hybridized carbons (Fsp3) is 0. The minimum absolute atomic E-state index is 1.21. The van der Waals surface area contributed by atoms with E-state index in [0.29, 0.717) is 0 Å². The highest BCUT2D eigenvalue weighted by Crippen LogP contribution is 2.41. The summed E-state index contributed by atoms with van der Waals surface area (Å²) in [6.45, 7) is 0. The van der Waals surface area contributed by atoms with Crippen molar-refractivity contribution in [2.45, 2.75) is 0 Å². The average Bonchev–Trinajstić information content (AvgIpc) is 3.27. The fourth-order valence-electron chi connectivity index (χ4n) is 8.09. The van der Waals surface area contributed by atoms with Gasteiger partial charge in [-0.3, -0.25) is 0 Å². The molecule has 0 bridgehead atoms. The zero-order valence-electron chi connectivity index (χ0n) is 29.8. The average molecular weight is 685 g/mol. The van der Waals surface area contributed by atoms with Crippen LogP contribution in [-0.4, -0.2) is 0 Å². The highest BCUT2D eigenvalue weighted by atomic mass is 14.2. The van der Waals surface area contributed by atoms with E-state index >= 15 is 0 Å². The van der Waals surface area contributed by atoms with Gasteiger partial charge in [0.05, 0.1) is 0 Å². The summed E-state index contributed by atoms with van der Waals surface area (Å²) in [5.74, 6) is 0. The lowest BCUT2D eigenvalue weighted by atomic mass is 9.89. The number of hydrogen-bond donors (Lipinski definition) is 0. The Morgan fingerprint density at radius 3 is 0.815 bits per heavy atom. The summed E-state index contributed by atoms with van der Waals surface area (Å²) in [6, 6.07) is 79.7. The Labute approximate surface area is 316 Å². The molecule has 252 valence electrons. The molecule has 0 nitrogen and oxygen atoms in total. The van der Waals surface area contributed by atoms with Gasteiger partial charge in [0.1, 0.15) is 0 Å². The molecule has 0 aliphatic heterocycles. The number of fused-ring (bicyclic) bond motifs is 6. The van der Waals surface area contributed by atoms with E-state index in [0.717, 1.165) is 0 Å². The van der Waals surface area contributed by atoms with Crippen LogP contribution in [-0.2, 0) is 0 Å². The molecule has 0 atom stereocenters. The maximum Gasteiger partial charge on any atom is -0.00928 e. The van der Waals surface area contributed by atoms with Crippen LogP contribution in [0.5, 0.6) is 0 Å². The number of benzene rings is 10. The molecule has 0 heterocycles. The Hall–Kier alpha value is -7.02. The Balaban J connectivity index is 1.09. The van der Waals surface area contributed by atoms with E-state index in [1.807, 2.05) is 0 Å². The quantitative estimate of drug-likeness (QED) is 0.153. The minimum atomic E-state index is 1.21. The molecule has 0 fully saturated rings. The normalized spacial score (nSPS) is 11.3. The van der Waals surface area contributed by atoms with Crippen molar-refractivity contribution >= 4 is 32.3 Å². The third-order valence-corrected chi connectivity index (χ3v) is 10.8. The van der Waals surface area contributed by atoms with Crippen molar-refractivity contribution < 1.29 is 0 Å². The molecule has 10 aromatic carbocycles. The van der Waals surface area contributed by atoms with Crippen LogP contribution in [0.3, 0.4) is 0 Å². The van der Waals surface area contributed by atoms with Crippen molar-refractivity contribution in [3.05, 3.63) is 218 Å². The first kappa shape index (κ1) is 31.7. The van der Waals surface area contributed by atoms with Gasteiger partial charge in [0.2, 0.25) is 0 Å². The maximum absolute atomic E-state index is 2.40. The third-order valence-electron chi connectivity index (χ3n) is 10.8. The van der Waals surface area contributed by atoms with E-state index in [1.165, 1.54) is 99.1 Å². The van der Waals surface area contributed by atoms with Gasteiger partial charge in [-0.15, -0.1) is 0 Å². The molecular weight excluding hydrogens is 649 g/mol. The first-order valence-corrected chi connectivity index (χ1v) is 18.7. The molecule has 0 aliphatic carbocycles. The van der Waals surface area contributed by atoms with Gasteiger partial charge >= 0.3 is 0 Å². The zero-order valence-corrected chi connectivity index (χ0v) is 29.8. The fourth-order valence-corrected chi connectivity index (χ4v) is 8.09. The Morgan fingerprint density at radius 1 is 0.130 bits per heavy atom. The van der Waals surface area contributed by atoms with Gasteiger partial charge in [-0.05, 0) is 142 Å². The van der Waals surface area contributed by atoms with E-state index < -0.39 is 0 Å². The zero-order chi connectivity index (χ0) is 35.8. The molecule has 0 saturated carbocycles. The predicted molar refractivity (Wildman–Crippen MR) is 232 cm³/mol. The largest absolute Gasteiger partial charge is 0.0622 e. The number of hydrogen-bond acceptors (Lipinski definition) is 0. The first-order chi connectivity index (χ1) is 26.7. The monoisotopic (exact) mass is 684 g/mol. The van der Waals surface area contributed by atoms with Gasteiger partial charge < -0.3 is 0 Å². The second-order valence-electron chi connectivity index (χ2n) is 14.1. The SMILES string of the molecule is c1ccc(-c2cccc(-c3cccc(-c4ccc5c6ccc(-c7cc(-c8ccccc8)cc(-c8ccccc8)c7)cc6c6ccccc6c5c4)c3)c2)cc1. The lowest BCUT2D eigenvalue weighted by molar-refractivity contribution is 1.57. The topological polar surface area (TPSA) is 0 Å². The van der Waals surface area contributed by atoms with Crippen molar-refractivity contribution in [1.29, 1.82) is 0 Å². The van der Waals surface area contributed by atoms with Gasteiger partial charge in [0.25, 0.3) is 0 Å². The van der Waals surface area contributed by atoms with E-state index in [2.05, 4.69) is 218 Å². The summed E-state index contributed by atoms with van der Waals surface area (Å²) >= 11 is 0. The van der Waals surface area contributed by atoms with Crippen LogP contribution in [0.25, 0.3) is 99.1 Å². The van der Waals surface area contributed by atoms with Gasteiger partial charge in [0.15, 0.2) is 0 Å². The first-order valence-electron chi connectivity index (χ1n) is 18.7. The minimum Gasteiger partial charge on any atom is -0.0622 e. The highest BCUT2D eigenvalue weighted by molar-refractivity contribution is 6.26. The standard InChI is InChI=1S/C54H36/c1-4-14-37(15-5-1)40-20-12-21-41(30-40)42-22-13-23-43(31-42)44-26-28-51-52-29-27-45(36-54(52)50-25-11-10-24-49(50)53(51)35-44)48-33-46(38-16-6-2-7-17-38)32-47(34-48)39-18-8-3-9-19-39/h1-36H. The molecule has 54 heavy (non-hydrogen) atoms. The van der Waals surface area contributed by atoms with Crippen LogP contribution in [0.2, 0.25) is 0 Å². The van der Waals surface area contributed by atoms with Crippen molar-refractivity contribution in [2.24, 2.45) is 0 Å². The second-order valence-corrected chi connectivity index (χ2v) is 14.1. The van der Waals surface area contributed by atoms with E-state index in [-0.39, 0.29) is 0 Å². The Kier molecular flexibility index (Phi) is 7.93. The smallest absolute Gasteiger partial charge is 0.00928 e. The van der Waals surface area contributed by atoms with Crippen molar-refractivity contribution in [2.75, 3.05) is 0 Å². The molecule has 0 aromatic heterocycles. The van der Waals surface area contributed by atoms with Crippen LogP contribution < -0.4 is 0 Å². The molecule has 0 radical (unpaired) electrons. The van der Waals surface area contributed by atoms with Gasteiger partial charge in [0, 0.05) is 0 Å². The predicted octanol–water partition coefficient (Wildman–Crippen LogP) is 15.1. The Morgan fingerprint density at radius 2 is 0.389 bits per heavy atom. The van der Waals surface area contributed by atoms with E-state index in [1.54, 1.807) is 0 Å². The summed E-state index contributed by atoms with van der Waals surface area (Å²) in [6.07, 6.45) is 0. The summed E-state index contributed by atoms with van der Waals surface area (Å²) in [5.41, 5.74) is 14.6. The summed E-state index contributed by atoms with van der Waals surface area (Å²) < 4.78 is 0. The molecule has 0 heteroatoms. The van der Waals surface area contributed by atoms with Crippen molar-refractivity contribution in [3.63, 3.8) is 0 Å². The summed E-state index contributed by atoms with van der Waals surface area (Å²) in [4.78, 5) is 0. The molecule has 10 aromatic rings. The summed E-state index contributed by atoms with van der Waals surface area (Å²) in [7, 11) is 0. The number of rotatable bonds is 6. The van der Waals surface area contributed by atoms with E-state index in [9.17, 15) is 0 Å². The third kappa shape index (κ3) is 5.85. The Bertz CT molecular complexity index is 2880. The van der Waals surface area contributed by atoms with Crippen LogP contribution >= 0.6 is 0 Å².